The fourth-order valence-corrected chi connectivity index (χ4v) is 3.27. The van der Waals surface area contributed by atoms with Crippen LogP contribution in [0.1, 0.15) is 33.6 Å². The first-order valence-electron chi connectivity index (χ1n) is 8.81. The molecule has 140 valence electrons. The Kier molecular flexibility index (Phi) is 4.97. The molecule has 2 aromatic rings. The van der Waals surface area contributed by atoms with Gasteiger partial charge in [-0.1, -0.05) is 42.7 Å². The maximum absolute atomic E-state index is 6.01. The van der Waals surface area contributed by atoms with Crippen LogP contribution in [0.2, 0.25) is 5.02 Å². The van der Waals surface area contributed by atoms with Crippen LogP contribution in [-0.4, -0.2) is 46.7 Å². The largest absolute Gasteiger partial charge is 0.356 e. The highest BCUT2D eigenvalue weighted by atomic mass is 35.5. The Morgan fingerprint density at radius 3 is 2.73 bits per heavy atom. The van der Waals surface area contributed by atoms with Crippen molar-refractivity contribution in [1.82, 2.24) is 20.4 Å². The van der Waals surface area contributed by atoms with Gasteiger partial charge in [-0.05, 0) is 26.0 Å². The van der Waals surface area contributed by atoms with Crippen LogP contribution in [0.4, 0.5) is 0 Å². The first kappa shape index (κ1) is 18.7. The molecule has 0 saturated carbocycles. The number of halogens is 1. The summed E-state index contributed by atoms with van der Waals surface area (Å²) in [5.41, 5.74) is 1.18. The number of rotatable bonds is 4. The third-order valence-corrected chi connectivity index (χ3v) is 5.76. The summed E-state index contributed by atoms with van der Waals surface area (Å²) in [6.07, 6.45) is 0.629. The molecule has 0 atom stereocenters. The second kappa shape index (κ2) is 6.91. The average molecular weight is 376 g/mol. The summed E-state index contributed by atoms with van der Waals surface area (Å²) in [4.78, 5) is 11.2. The molecule has 1 aromatic carbocycles. The van der Waals surface area contributed by atoms with Crippen molar-refractivity contribution >= 4 is 17.6 Å². The molecule has 1 aliphatic rings. The molecule has 6 nitrogen and oxygen atoms in total. The van der Waals surface area contributed by atoms with Crippen molar-refractivity contribution in [2.75, 3.05) is 20.1 Å². The summed E-state index contributed by atoms with van der Waals surface area (Å²) in [5.74, 6) is 2.05. The van der Waals surface area contributed by atoms with Gasteiger partial charge in [0.15, 0.2) is 5.96 Å². The number of aliphatic imine (C=N–C) groups is 1. The molecule has 3 rings (SSSR count). The number of guanidine groups is 1. The lowest BCUT2D eigenvalue weighted by Crippen LogP contribution is -2.72. The van der Waals surface area contributed by atoms with E-state index in [0.29, 0.717) is 29.7 Å². The van der Waals surface area contributed by atoms with Crippen LogP contribution >= 0.6 is 11.6 Å². The van der Waals surface area contributed by atoms with E-state index in [9.17, 15) is 0 Å². The summed E-state index contributed by atoms with van der Waals surface area (Å²) in [5, 5.41) is 8.09. The third kappa shape index (κ3) is 3.43. The monoisotopic (exact) mass is 375 g/mol. The molecule has 1 aliphatic heterocycles. The predicted octanol–water partition coefficient (Wildman–Crippen LogP) is 3.63. The second-order valence-electron chi connectivity index (χ2n) is 7.78. The van der Waals surface area contributed by atoms with Gasteiger partial charge in [0, 0.05) is 48.1 Å². The van der Waals surface area contributed by atoms with E-state index >= 15 is 0 Å². The maximum Gasteiger partial charge on any atom is 0.228 e. The summed E-state index contributed by atoms with van der Waals surface area (Å²) < 4.78 is 5.35. The van der Waals surface area contributed by atoms with Crippen molar-refractivity contribution in [2.45, 2.75) is 39.7 Å². The molecule has 1 aromatic heterocycles. The molecule has 0 aliphatic carbocycles. The van der Waals surface area contributed by atoms with Crippen LogP contribution in [0, 0.1) is 5.41 Å². The number of benzene rings is 1. The first-order valence-corrected chi connectivity index (χ1v) is 9.19. The number of hydrogen-bond acceptors (Lipinski definition) is 4. The molecular formula is C19H26ClN5O. The second-order valence-corrected chi connectivity index (χ2v) is 8.21. The zero-order valence-electron chi connectivity index (χ0n) is 16.0. The van der Waals surface area contributed by atoms with Gasteiger partial charge in [-0.15, -0.1) is 0 Å². The molecule has 2 heterocycles. The maximum atomic E-state index is 6.01. The van der Waals surface area contributed by atoms with E-state index in [1.165, 1.54) is 0 Å². The number of hydrogen-bond donors (Lipinski definition) is 1. The van der Waals surface area contributed by atoms with Gasteiger partial charge in [0.2, 0.25) is 11.7 Å². The molecule has 0 bridgehead atoms. The van der Waals surface area contributed by atoms with E-state index in [0.717, 1.165) is 18.1 Å². The van der Waals surface area contributed by atoms with Crippen LogP contribution in [0.5, 0.6) is 0 Å². The zero-order chi connectivity index (χ0) is 18.9. The molecule has 7 heteroatoms. The Morgan fingerprint density at radius 2 is 2.12 bits per heavy atom. The Labute approximate surface area is 159 Å². The fourth-order valence-electron chi connectivity index (χ4n) is 3.08. The lowest BCUT2D eigenvalue weighted by atomic mass is 9.65. The van der Waals surface area contributed by atoms with Crippen LogP contribution in [-0.2, 0) is 6.42 Å². The highest BCUT2D eigenvalue weighted by Gasteiger charge is 2.53. The normalized spacial score (nSPS) is 18.5. The molecule has 1 fully saturated rings. The zero-order valence-corrected chi connectivity index (χ0v) is 16.8. The Hall–Kier alpha value is -2.08. The minimum absolute atomic E-state index is 0.0685. The molecule has 0 amide bonds. The van der Waals surface area contributed by atoms with Crippen molar-refractivity contribution < 1.29 is 4.52 Å². The van der Waals surface area contributed by atoms with Crippen LogP contribution < -0.4 is 5.32 Å². The van der Waals surface area contributed by atoms with Gasteiger partial charge in [-0.25, -0.2) is 0 Å². The highest BCUT2D eigenvalue weighted by Crippen LogP contribution is 2.46. The van der Waals surface area contributed by atoms with Gasteiger partial charge in [0.05, 0.1) is 0 Å². The van der Waals surface area contributed by atoms with E-state index in [1.54, 1.807) is 0 Å². The Bertz CT molecular complexity index is 812. The average Bonchev–Trinajstić information content (AvgIpc) is 3.06. The minimum Gasteiger partial charge on any atom is -0.356 e. The molecule has 1 saturated heterocycles. The van der Waals surface area contributed by atoms with E-state index in [2.05, 4.69) is 53.0 Å². The standard InChI is InChI=1S/C19H26ClN5O/c1-18(2)12-25(19(18,3)4)17(21-5)22-10-9-15-23-16(24-26-15)13-7-6-8-14(20)11-13/h6-8,11H,9-10,12H2,1-5H3,(H,21,22). The van der Waals surface area contributed by atoms with Gasteiger partial charge in [0.25, 0.3) is 0 Å². The number of likely N-dealkylation sites (tertiary alicyclic amines) is 1. The highest BCUT2D eigenvalue weighted by molar-refractivity contribution is 6.30. The summed E-state index contributed by atoms with van der Waals surface area (Å²) >= 11 is 6.01. The van der Waals surface area contributed by atoms with Gasteiger partial charge < -0.3 is 14.7 Å². The van der Waals surface area contributed by atoms with Crippen molar-refractivity contribution in [2.24, 2.45) is 10.4 Å². The number of nitrogens with one attached hydrogen (secondary N) is 1. The quantitative estimate of drug-likeness (QED) is 0.653. The van der Waals surface area contributed by atoms with Gasteiger partial charge in [-0.2, -0.15) is 4.98 Å². The Balaban J connectivity index is 1.57. The number of nitrogens with zero attached hydrogens (tertiary/aromatic N) is 4. The fraction of sp³-hybridized carbons (Fsp3) is 0.526. The van der Waals surface area contributed by atoms with Crippen molar-refractivity contribution in [3.8, 4) is 11.4 Å². The number of aromatic nitrogens is 2. The lowest BCUT2D eigenvalue weighted by molar-refractivity contribution is -0.0667. The molecule has 0 spiro atoms. The van der Waals surface area contributed by atoms with Crippen molar-refractivity contribution in [3.63, 3.8) is 0 Å². The molecule has 1 N–H and O–H groups in total. The summed E-state index contributed by atoms with van der Waals surface area (Å²) in [6, 6.07) is 7.42. The smallest absolute Gasteiger partial charge is 0.228 e. The third-order valence-electron chi connectivity index (χ3n) is 5.52. The van der Waals surface area contributed by atoms with Crippen molar-refractivity contribution in [3.05, 3.63) is 35.2 Å². The van der Waals surface area contributed by atoms with Crippen LogP contribution in [0.15, 0.2) is 33.8 Å². The van der Waals surface area contributed by atoms with Crippen molar-refractivity contribution in [1.29, 1.82) is 0 Å². The topological polar surface area (TPSA) is 66.5 Å². The van der Waals surface area contributed by atoms with Gasteiger partial charge >= 0.3 is 0 Å². The first-order chi connectivity index (χ1) is 12.2. The predicted molar refractivity (Wildman–Crippen MR) is 104 cm³/mol. The molecular weight excluding hydrogens is 350 g/mol. The lowest BCUT2D eigenvalue weighted by Gasteiger charge is -2.62. The summed E-state index contributed by atoms with van der Waals surface area (Å²) in [6.45, 7) is 10.7. The molecule has 26 heavy (non-hydrogen) atoms. The van der Waals surface area contributed by atoms with E-state index < -0.39 is 0 Å². The summed E-state index contributed by atoms with van der Waals surface area (Å²) in [7, 11) is 1.81. The van der Waals surface area contributed by atoms with Crippen LogP contribution in [0.3, 0.4) is 0 Å². The van der Waals surface area contributed by atoms with E-state index in [4.69, 9.17) is 16.1 Å². The SMILES string of the molecule is CN=C(NCCc1nc(-c2cccc(Cl)c2)no1)N1CC(C)(C)C1(C)C. The Morgan fingerprint density at radius 1 is 1.35 bits per heavy atom. The van der Waals surface area contributed by atoms with Crippen LogP contribution in [0.25, 0.3) is 11.4 Å². The molecule has 0 unspecified atom stereocenters. The van der Waals surface area contributed by atoms with Gasteiger partial charge in [0.1, 0.15) is 0 Å². The van der Waals surface area contributed by atoms with E-state index in [-0.39, 0.29) is 11.0 Å². The van der Waals surface area contributed by atoms with E-state index in [1.807, 2.05) is 31.3 Å². The minimum atomic E-state index is 0.0685. The molecule has 0 radical (unpaired) electrons. The van der Waals surface area contributed by atoms with Gasteiger partial charge in [-0.3, -0.25) is 4.99 Å².